The smallest absolute Gasteiger partial charge is 0.317 e. The summed E-state index contributed by atoms with van der Waals surface area (Å²) in [6, 6.07) is 6.61. The van der Waals surface area contributed by atoms with Crippen LogP contribution in [0.4, 0.5) is 10.5 Å². The van der Waals surface area contributed by atoms with Crippen LogP contribution in [0.15, 0.2) is 24.3 Å². The number of carbonyl (C=O) groups excluding carboxylic acids is 2. The molecule has 0 saturated heterocycles. The van der Waals surface area contributed by atoms with Crippen LogP contribution in [-0.2, 0) is 4.79 Å². The topological polar surface area (TPSA) is 55.9 Å². The summed E-state index contributed by atoms with van der Waals surface area (Å²) in [6.07, 6.45) is 3.27. The number of fused-ring (bicyclic) bond motifs is 2. The summed E-state index contributed by atoms with van der Waals surface area (Å²) in [5, 5.41) is 3.19. The molecule has 0 bridgehead atoms. The Bertz CT molecular complexity index is 830. The third-order valence-corrected chi connectivity index (χ3v) is 6.50. The number of carbonyl (C=O) groups is 2. The number of hydrogen-bond acceptors (Lipinski definition) is 3. The van der Waals surface area contributed by atoms with Crippen molar-refractivity contribution in [2.45, 2.75) is 45.2 Å². The van der Waals surface area contributed by atoms with Gasteiger partial charge in [0, 0.05) is 50.7 Å². The maximum absolute atomic E-state index is 12.5. The zero-order chi connectivity index (χ0) is 20.0. The van der Waals surface area contributed by atoms with Gasteiger partial charge in [-0.05, 0) is 50.1 Å². The van der Waals surface area contributed by atoms with Gasteiger partial charge in [0.25, 0.3) is 0 Å². The van der Waals surface area contributed by atoms with Crippen LogP contribution >= 0.6 is 0 Å². The zero-order valence-electron chi connectivity index (χ0n) is 17.2. The number of amides is 3. The second-order valence-corrected chi connectivity index (χ2v) is 8.11. The first-order valence-corrected chi connectivity index (χ1v) is 10.3. The molecular weight excluding hydrogens is 352 g/mol. The number of rotatable bonds is 3. The summed E-state index contributed by atoms with van der Waals surface area (Å²) in [4.78, 5) is 30.8. The largest absolute Gasteiger partial charge is 0.330 e. The first-order chi connectivity index (χ1) is 13.4. The number of nitrogens with one attached hydrogen (secondary N) is 1. The van der Waals surface area contributed by atoms with E-state index in [9.17, 15) is 9.59 Å². The number of anilines is 1. The molecule has 0 saturated carbocycles. The van der Waals surface area contributed by atoms with Crippen molar-refractivity contribution in [3.8, 4) is 0 Å². The molecule has 1 aromatic carbocycles. The molecule has 6 heteroatoms. The second kappa shape index (κ2) is 7.24. The minimum absolute atomic E-state index is 0.00608. The van der Waals surface area contributed by atoms with Crippen LogP contribution < -0.4 is 10.2 Å². The maximum atomic E-state index is 12.5. The molecule has 0 aromatic heterocycles. The summed E-state index contributed by atoms with van der Waals surface area (Å²) < 4.78 is 0. The van der Waals surface area contributed by atoms with E-state index in [1.54, 1.807) is 6.92 Å². The molecule has 6 nitrogen and oxygen atoms in total. The average molecular weight is 383 g/mol. The van der Waals surface area contributed by atoms with Gasteiger partial charge in [-0.15, -0.1) is 0 Å². The number of benzene rings is 1. The monoisotopic (exact) mass is 382 g/mol. The van der Waals surface area contributed by atoms with E-state index in [0.717, 1.165) is 25.2 Å². The normalized spacial score (nSPS) is 25.6. The molecular formula is C22H30N4O2. The Hall–Kier alpha value is -2.34. The molecule has 150 valence electrons. The minimum Gasteiger partial charge on any atom is -0.330 e. The number of hydrogen-bond donors (Lipinski definition) is 1. The third kappa shape index (κ3) is 3.00. The fraction of sp³-hybridized carbons (Fsp3) is 0.545. The van der Waals surface area contributed by atoms with Gasteiger partial charge in [-0.3, -0.25) is 9.69 Å². The molecule has 1 N–H and O–H groups in total. The van der Waals surface area contributed by atoms with E-state index < -0.39 is 0 Å². The summed E-state index contributed by atoms with van der Waals surface area (Å²) in [5.41, 5.74) is 4.91. The molecule has 3 atom stereocenters. The SMILES string of the molecule is CCN(CC)C(=O)N[C@H]1C=C2c3cccc4c3C(C[C@H]2N(C)C1)CN4C(C)=O. The second-order valence-electron chi connectivity index (χ2n) is 8.11. The number of nitrogens with zero attached hydrogens (tertiary/aromatic N) is 3. The summed E-state index contributed by atoms with van der Waals surface area (Å²) >= 11 is 0. The van der Waals surface area contributed by atoms with Gasteiger partial charge < -0.3 is 15.1 Å². The zero-order valence-corrected chi connectivity index (χ0v) is 17.2. The molecule has 3 aliphatic rings. The lowest BCUT2D eigenvalue weighted by Crippen LogP contribution is -2.52. The molecule has 1 unspecified atom stereocenters. The van der Waals surface area contributed by atoms with Gasteiger partial charge in [-0.2, -0.15) is 0 Å². The van der Waals surface area contributed by atoms with Crippen LogP contribution in [0.5, 0.6) is 0 Å². The highest BCUT2D eigenvalue weighted by atomic mass is 16.2. The van der Waals surface area contributed by atoms with Crippen LogP contribution in [0.3, 0.4) is 0 Å². The van der Waals surface area contributed by atoms with Gasteiger partial charge in [0.05, 0.1) is 6.04 Å². The van der Waals surface area contributed by atoms with Crippen LogP contribution in [0.25, 0.3) is 5.57 Å². The lowest BCUT2D eigenvalue weighted by Gasteiger charge is -2.42. The van der Waals surface area contributed by atoms with Crippen LogP contribution in [-0.4, -0.2) is 67.0 Å². The Labute approximate surface area is 167 Å². The van der Waals surface area contributed by atoms with Crippen LogP contribution in [0.1, 0.15) is 44.2 Å². The van der Waals surface area contributed by atoms with Crippen molar-refractivity contribution in [3.63, 3.8) is 0 Å². The third-order valence-electron chi connectivity index (χ3n) is 6.50. The minimum atomic E-state index is -0.0120. The van der Waals surface area contributed by atoms with E-state index in [4.69, 9.17) is 0 Å². The van der Waals surface area contributed by atoms with Crippen molar-refractivity contribution in [3.05, 3.63) is 35.4 Å². The lowest BCUT2D eigenvalue weighted by molar-refractivity contribution is -0.116. The molecule has 3 amide bonds. The van der Waals surface area contributed by atoms with E-state index in [1.807, 2.05) is 29.7 Å². The summed E-state index contributed by atoms with van der Waals surface area (Å²) in [6.45, 7) is 8.65. The fourth-order valence-electron chi connectivity index (χ4n) is 5.12. The summed E-state index contributed by atoms with van der Waals surface area (Å²) in [5.74, 6) is 0.499. The Morgan fingerprint density at radius 2 is 1.96 bits per heavy atom. The molecule has 28 heavy (non-hydrogen) atoms. The van der Waals surface area contributed by atoms with E-state index >= 15 is 0 Å². The molecule has 0 radical (unpaired) electrons. The predicted molar refractivity (Wildman–Crippen MR) is 111 cm³/mol. The molecule has 0 spiro atoms. The average Bonchev–Trinajstić information content (AvgIpc) is 3.04. The highest BCUT2D eigenvalue weighted by Crippen LogP contribution is 2.50. The van der Waals surface area contributed by atoms with E-state index in [-0.39, 0.29) is 18.0 Å². The van der Waals surface area contributed by atoms with E-state index in [1.165, 1.54) is 16.7 Å². The standard InChI is InChI=1S/C22H30N4O2/c1-5-25(6-2)22(28)23-16-11-18-17-8-7-9-19-21(17)15(12-26(19)14(3)27)10-20(18)24(4)13-16/h7-9,11,15-16,20H,5-6,10,12-13H2,1-4H3,(H,23,28)/t15?,16-,20+/m0/s1. The molecule has 1 aromatic rings. The van der Waals surface area contributed by atoms with Crippen molar-refractivity contribution in [2.24, 2.45) is 0 Å². The van der Waals surface area contributed by atoms with Gasteiger partial charge in [-0.25, -0.2) is 4.79 Å². The van der Waals surface area contributed by atoms with Gasteiger partial charge >= 0.3 is 6.03 Å². The molecule has 4 rings (SSSR count). The van der Waals surface area contributed by atoms with Gasteiger partial charge in [0.1, 0.15) is 0 Å². The van der Waals surface area contributed by atoms with Crippen LogP contribution in [0, 0.1) is 0 Å². The quantitative estimate of drug-likeness (QED) is 0.874. The Morgan fingerprint density at radius 3 is 2.64 bits per heavy atom. The Morgan fingerprint density at radius 1 is 1.21 bits per heavy atom. The van der Waals surface area contributed by atoms with Gasteiger partial charge in [-0.1, -0.05) is 18.2 Å². The van der Waals surface area contributed by atoms with Crippen molar-refractivity contribution in [1.29, 1.82) is 0 Å². The van der Waals surface area contributed by atoms with Crippen molar-refractivity contribution >= 4 is 23.2 Å². The number of urea groups is 1. The van der Waals surface area contributed by atoms with E-state index in [0.29, 0.717) is 25.0 Å². The van der Waals surface area contributed by atoms with Crippen LogP contribution in [0.2, 0.25) is 0 Å². The molecule has 0 fully saturated rings. The lowest BCUT2D eigenvalue weighted by atomic mass is 9.75. The molecule has 2 aliphatic heterocycles. The molecule has 1 aliphatic carbocycles. The Kier molecular flexibility index (Phi) is 4.91. The van der Waals surface area contributed by atoms with Gasteiger partial charge in [0.2, 0.25) is 5.91 Å². The molecule has 2 heterocycles. The van der Waals surface area contributed by atoms with Crippen molar-refractivity contribution in [2.75, 3.05) is 38.1 Å². The number of likely N-dealkylation sites (N-methyl/N-ethyl adjacent to an activating group) is 1. The summed E-state index contributed by atoms with van der Waals surface area (Å²) in [7, 11) is 2.14. The van der Waals surface area contributed by atoms with Crippen molar-refractivity contribution in [1.82, 2.24) is 15.1 Å². The first-order valence-electron chi connectivity index (χ1n) is 10.3. The first kappa shape index (κ1) is 19.0. The Balaban J connectivity index is 1.68. The van der Waals surface area contributed by atoms with Gasteiger partial charge in [0.15, 0.2) is 0 Å². The van der Waals surface area contributed by atoms with E-state index in [2.05, 4.69) is 35.5 Å². The van der Waals surface area contributed by atoms with Crippen molar-refractivity contribution < 1.29 is 9.59 Å². The fourth-order valence-corrected chi connectivity index (χ4v) is 5.12. The maximum Gasteiger partial charge on any atom is 0.317 e. The highest BCUT2D eigenvalue weighted by molar-refractivity contribution is 5.96. The highest BCUT2D eigenvalue weighted by Gasteiger charge is 2.42. The predicted octanol–water partition coefficient (Wildman–Crippen LogP) is 2.66.